The molecule has 21 heavy (non-hydrogen) atoms. The highest BCUT2D eigenvalue weighted by Gasteiger charge is 2.28. The number of hydrogen-bond acceptors (Lipinski definition) is 6. The first kappa shape index (κ1) is 16.2. The van der Waals surface area contributed by atoms with Gasteiger partial charge in [-0.2, -0.15) is 0 Å². The highest BCUT2D eigenvalue weighted by molar-refractivity contribution is 7.99. The molecule has 1 unspecified atom stereocenters. The first-order chi connectivity index (χ1) is 9.87. The van der Waals surface area contributed by atoms with Crippen LogP contribution in [0.2, 0.25) is 0 Å². The summed E-state index contributed by atoms with van der Waals surface area (Å²) in [6, 6.07) is 0.400. The minimum absolute atomic E-state index is 0.116. The maximum atomic E-state index is 11.8. The quantitative estimate of drug-likeness (QED) is 0.696. The van der Waals surface area contributed by atoms with E-state index in [-0.39, 0.29) is 18.2 Å². The van der Waals surface area contributed by atoms with Gasteiger partial charge in [0.15, 0.2) is 0 Å². The number of thioether (sulfide) groups is 1. The Labute approximate surface area is 128 Å². The summed E-state index contributed by atoms with van der Waals surface area (Å²) in [5, 5.41) is 25.1. The molecule has 7 nitrogen and oxygen atoms in total. The monoisotopic (exact) mass is 313 g/mol. The standard InChI is InChI=1S/C13H23N5O2S/c1-9(2)6-13(3,20)8-14-11(19)7-21-12-15-16-17-18(12)10-4-5-10/h9-10,20H,4-8H2,1-3H3,(H,14,19). The zero-order valence-electron chi connectivity index (χ0n) is 12.7. The first-order valence-electron chi connectivity index (χ1n) is 7.27. The van der Waals surface area contributed by atoms with Gasteiger partial charge in [0, 0.05) is 6.54 Å². The molecule has 0 radical (unpaired) electrons. The Hall–Kier alpha value is -1.15. The molecule has 118 valence electrons. The molecule has 1 aromatic heterocycles. The van der Waals surface area contributed by atoms with Gasteiger partial charge in [-0.25, -0.2) is 4.68 Å². The Balaban J connectivity index is 1.73. The molecule has 0 aliphatic heterocycles. The van der Waals surface area contributed by atoms with Crippen LogP contribution < -0.4 is 5.32 Å². The number of hydrogen-bond donors (Lipinski definition) is 2. The number of aliphatic hydroxyl groups is 1. The lowest BCUT2D eigenvalue weighted by molar-refractivity contribution is -0.119. The van der Waals surface area contributed by atoms with E-state index < -0.39 is 5.60 Å². The van der Waals surface area contributed by atoms with Gasteiger partial charge in [-0.1, -0.05) is 25.6 Å². The average Bonchev–Trinajstić information content (AvgIpc) is 3.12. The van der Waals surface area contributed by atoms with Crippen molar-refractivity contribution in [3.05, 3.63) is 0 Å². The second-order valence-corrected chi connectivity index (χ2v) is 7.24. The molecule has 1 heterocycles. The molecule has 1 amide bonds. The smallest absolute Gasteiger partial charge is 0.230 e. The van der Waals surface area contributed by atoms with Crippen molar-refractivity contribution in [3.8, 4) is 0 Å². The predicted molar refractivity (Wildman–Crippen MR) is 79.9 cm³/mol. The predicted octanol–water partition coefficient (Wildman–Crippen LogP) is 1.01. The molecule has 1 aromatic rings. The number of rotatable bonds is 8. The van der Waals surface area contributed by atoms with Crippen molar-refractivity contribution in [3.63, 3.8) is 0 Å². The van der Waals surface area contributed by atoms with E-state index in [0.717, 1.165) is 12.8 Å². The van der Waals surface area contributed by atoms with E-state index >= 15 is 0 Å². The van der Waals surface area contributed by atoms with E-state index in [4.69, 9.17) is 0 Å². The number of nitrogens with zero attached hydrogens (tertiary/aromatic N) is 4. The van der Waals surface area contributed by atoms with E-state index in [1.165, 1.54) is 11.8 Å². The molecule has 1 aliphatic carbocycles. The highest BCUT2D eigenvalue weighted by Crippen LogP contribution is 2.36. The molecule has 0 aromatic carbocycles. The molecule has 0 bridgehead atoms. The van der Waals surface area contributed by atoms with Gasteiger partial charge in [-0.15, -0.1) is 5.10 Å². The van der Waals surface area contributed by atoms with Crippen LogP contribution in [0.5, 0.6) is 0 Å². The summed E-state index contributed by atoms with van der Waals surface area (Å²) in [4.78, 5) is 11.8. The Morgan fingerprint density at radius 1 is 1.57 bits per heavy atom. The van der Waals surface area contributed by atoms with Crippen LogP contribution in [-0.2, 0) is 4.79 Å². The molecule has 1 atom stereocenters. The van der Waals surface area contributed by atoms with Crippen molar-refractivity contribution >= 4 is 17.7 Å². The minimum Gasteiger partial charge on any atom is -0.388 e. The van der Waals surface area contributed by atoms with Gasteiger partial charge in [-0.3, -0.25) is 4.79 Å². The maximum Gasteiger partial charge on any atom is 0.230 e. The average molecular weight is 313 g/mol. The number of nitrogens with one attached hydrogen (secondary N) is 1. The van der Waals surface area contributed by atoms with Crippen molar-refractivity contribution in [2.45, 2.75) is 56.8 Å². The van der Waals surface area contributed by atoms with Crippen LogP contribution in [0.1, 0.15) is 46.1 Å². The molecule has 0 spiro atoms. The second-order valence-electron chi connectivity index (χ2n) is 6.30. The van der Waals surface area contributed by atoms with Crippen LogP contribution in [0.25, 0.3) is 0 Å². The molecule has 2 N–H and O–H groups in total. The summed E-state index contributed by atoms with van der Waals surface area (Å²) in [6.07, 6.45) is 2.85. The van der Waals surface area contributed by atoms with Crippen LogP contribution >= 0.6 is 11.8 Å². The largest absolute Gasteiger partial charge is 0.388 e. The Morgan fingerprint density at radius 3 is 2.90 bits per heavy atom. The lowest BCUT2D eigenvalue weighted by Crippen LogP contribution is -2.42. The van der Waals surface area contributed by atoms with Crippen molar-refractivity contribution in [2.75, 3.05) is 12.3 Å². The molecule has 1 saturated carbocycles. The van der Waals surface area contributed by atoms with Crippen LogP contribution in [-0.4, -0.2) is 49.1 Å². The van der Waals surface area contributed by atoms with E-state index in [2.05, 4.69) is 20.8 Å². The minimum atomic E-state index is -0.871. The van der Waals surface area contributed by atoms with E-state index in [0.29, 0.717) is 23.5 Å². The fourth-order valence-corrected chi connectivity index (χ4v) is 3.02. The summed E-state index contributed by atoms with van der Waals surface area (Å²) in [5.41, 5.74) is -0.871. The molecule has 1 aliphatic rings. The van der Waals surface area contributed by atoms with Crippen LogP contribution in [0.4, 0.5) is 0 Å². The summed E-state index contributed by atoms with van der Waals surface area (Å²) in [5.74, 6) is 0.522. The van der Waals surface area contributed by atoms with Gasteiger partial charge in [-0.05, 0) is 42.5 Å². The van der Waals surface area contributed by atoms with E-state index in [1.54, 1.807) is 11.6 Å². The molecule has 8 heteroatoms. The summed E-state index contributed by atoms with van der Waals surface area (Å²) in [7, 11) is 0. The lowest BCUT2D eigenvalue weighted by atomic mass is 9.94. The molecule has 1 fully saturated rings. The van der Waals surface area contributed by atoms with E-state index in [9.17, 15) is 9.90 Å². The van der Waals surface area contributed by atoms with Crippen molar-refractivity contribution in [1.29, 1.82) is 0 Å². The summed E-state index contributed by atoms with van der Waals surface area (Å²) >= 11 is 1.33. The van der Waals surface area contributed by atoms with Crippen LogP contribution in [0.15, 0.2) is 5.16 Å². The van der Waals surface area contributed by atoms with Crippen molar-refractivity contribution in [1.82, 2.24) is 25.5 Å². The third kappa shape index (κ3) is 5.28. The van der Waals surface area contributed by atoms with Gasteiger partial charge in [0.05, 0.1) is 17.4 Å². The van der Waals surface area contributed by atoms with Crippen molar-refractivity contribution < 1.29 is 9.90 Å². The van der Waals surface area contributed by atoms with E-state index in [1.807, 2.05) is 13.8 Å². The fraction of sp³-hybridized carbons (Fsp3) is 0.846. The highest BCUT2D eigenvalue weighted by atomic mass is 32.2. The molecular formula is C13H23N5O2S. The Morgan fingerprint density at radius 2 is 2.29 bits per heavy atom. The topological polar surface area (TPSA) is 92.9 Å². The zero-order chi connectivity index (χ0) is 15.5. The lowest BCUT2D eigenvalue weighted by Gasteiger charge is -2.25. The normalized spacial score (nSPS) is 17.8. The van der Waals surface area contributed by atoms with Gasteiger partial charge < -0.3 is 10.4 Å². The Kier molecular flexibility index (Phi) is 5.21. The number of carbonyl (C=O) groups excluding carboxylic acids is 1. The number of amides is 1. The van der Waals surface area contributed by atoms with Gasteiger partial charge >= 0.3 is 0 Å². The van der Waals surface area contributed by atoms with Gasteiger partial charge in [0.2, 0.25) is 11.1 Å². The first-order valence-corrected chi connectivity index (χ1v) is 8.26. The SMILES string of the molecule is CC(C)CC(C)(O)CNC(=O)CSc1nnnn1C1CC1. The van der Waals surface area contributed by atoms with Crippen LogP contribution in [0.3, 0.4) is 0 Å². The van der Waals surface area contributed by atoms with Crippen LogP contribution in [0, 0.1) is 5.92 Å². The second kappa shape index (κ2) is 6.74. The van der Waals surface area contributed by atoms with Gasteiger partial charge in [0.1, 0.15) is 0 Å². The number of tetrazole rings is 1. The number of aromatic nitrogens is 4. The Bertz CT molecular complexity index is 485. The molecular weight excluding hydrogens is 290 g/mol. The fourth-order valence-electron chi connectivity index (χ4n) is 2.25. The zero-order valence-corrected chi connectivity index (χ0v) is 13.6. The third-order valence-electron chi connectivity index (χ3n) is 3.20. The maximum absolute atomic E-state index is 11.8. The molecule has 2 rings (SSSR count). The number of carbonyl (C=O) groups is 1. The van der Waals surface area contributed by atoms with Crippen molar-refractivity contribution in [2.24, 2.45) is 5.92 Å². The van der Waals surface area contributed by atoms with Gasteiger partial charge in [0.25, 0.3) is 0 Å². The third-order valence-corrected chi connectivity index (χ3v) is 4.14. The summed E-state index contributed by atoms with van der Waals surface area (Å²) < 4.78 is 1.78. The summed E-state index contributed by atoms with van der Waals surface area (Å²) in [6.45, 7) is 6.10. The molecule has 0 saturated heterocycles.